The van der Waals surface area contributed by atoms with Gasteiger partial charge in [-0.1, -0.05) is 44.2 Å². The summed E-state index contributed by atoms with van der Waals surface area (Å²) in [5.74, 6) is 0.947. The molecule has 0 spiro atoms. The van der Waals surface area contributed by atoms with Gasteiger partial charge in [0.25, 0.3) is 0 Å². The first-order valence-corrected chi connectivity index (χ1v) is 9.50. The Bertz CT molecular complexity index is 922. The number of aromatic hydroxyl groups is 1. The third-order valence-electron chi connectivity index (χ3n) is 4.35. The maximum atomic E-state index is 12.2. The van der Waals surface area contributed by atoms with E-state index in [9.17, 15) is 9.90 Å². The van der Waals surface area contributed by atoms with Crippen molar-refractivity contribution in [2.75, 3.05) is 5.32 Å². The Hall–Kier alpha value is -3.21. The highest BCUT2D eigenvalue weighted by Crippen LogP contribution is 2.23. The zero-order valence-corrected chi connectivity index (χ0v) is 16.2. The third-order valence-corrected chi connectivity index (χ3v) is 4.35. The smallest absolute Gasteiger partial charge is 0.225 e. The van der Waals surface area contributed by atoms with Gasteiger partial charge >= 0.3 is 0 Å². The first kappa shape index (κ1) is 19.5. The molecular formula is C23H25N3O2. The molecule has 0 aliphatic heterocycles. The average Bonchev–Trinajstić information content (AvgIpc) is 2.68. The minimum Gasteiger partial charge on any atom is -0.508 e. The summed E-state index contributed by atoms with van der Waals surface area (Å²) in [6.45, 7) is 4.02. The molecule has 1 aromatic heterocycles. The van der Waals surface area contributed by atoms with Crippen LogP contribution in [0.3, 0.4) is 0 Å². The first-order valence-electron chi connectivity index (χ1n) is 9.50. The second kappa shape index (κ2) is 9.13. The van der Waals surface area contributed by atoms with Gasteiger partial charge in [0.05, 0.1) is 17.6 Å². The molecule has 144 valence electrons. The van der Waals surface area contributed by atoms with Crippen molar-refractivity contribution in [1.29, 1.82) is 0 Å². The highest BCUT2D eigenvalue weighted by Gasteiger charge is 2.13. The van der Waals surface area contributed by atoms with Crippen molar-refractivity contribution in [3.8, 4) is 17.0 Å². The molecule has 28 heavy (non-hydrogen) atoms. The fourth-order valence-corrected chi connectivity index (χ4v) is 2.94. The van der Waals surface area contributed by atoms with Crippen LogP contribution in [0.15, 0.2) is 60.8 Å². The number of carbonyl (C=O) groups excluding carboxylic acids is 1. The maximum Gasteiger partial charge on any atom is 0.225 e. The van der Waals surface area contributed by atoms with Gasteiger partial charge in [0, 0.05) is 12.0 Å². The van der Waals surface area contributed by atoms with Crippen LogP contribution in [0.1, 0.15) is 31.5 Å². The van der Waals surface area contributed by atoms with Gasteiger partial charge in [-0.15, -0.1) is 0 Å². The monoisotopic (exact) mass is 375 g/mol. The van der Waals surface area contributed by atoms with Crippen LogP contribution in [0.25, 0.3) is 11.3 Å². The number of nitrogens with zero attached hydrogens (tertiary/aromatic N) is 2. The van der Waals surface area contributed by atoms with Gasteiger partial charge in [-0.3, -0.25) is 4.79 Å². The quantitative estimate of drug-likeness (QED) is 0.632. The summed E-state index contributed by atoms with van der Waals surface area (Å²) in [5, 5.41) is 12.4. The molecule has 0 saturated heterocycles. The fraction of sp³-hybridized carbons (Fsp3) is 0.261. The Morgan fingerprint density at radius 3 is 2.43 bits per heavy atom. The van der Waals surface area contributed by atoms with E-state index in [2.05, 4.69) is 22.4 Å². The Morgan fingerprint density at radius 1 is 1.04 bits per heavy atom. The Morgan fingerprint density at radius 2 is 1.75 bits per heavy atom. The average molecular weight is 375 g/mol. The number of benzene rings is 2. The van der Waals surface area contributed by atoms with Crippen LogP contribution >= 0.6 is 0 Å². The number of hydrogen-bond acceptors (Lipinski definition) is 4. The van der Waals surface area contributed by atoms with Gasteiger partial charge in [0.2, 0.25) is 5.91 Å². The standard InChI is InChI=1S/C23H25N3O2/c1-16(2)14-22(28)26-23-20(13-8-17-6-4-3-5-7-17)25-21(15-24-23)18-9-11-19(27)12-10-18/h3-7,9-12,15-16,27H,8,13-14H2,1-2H3,(H,24,26,28). The minimum absolute atomic E-state index is 0.0531. The zero-order chi connectivity index (χ0) is 19.9. The lowest BCUT2D eigenvalue weighted by molar-refractivity contribution is -0.116. The van der Waals surface area contributed by atoms with Crippen molar-refractivity contribution in [3.63, 3.8) is 0 Å². The molecule has 0 bridgehead atoms. The van der Waals surface area contributed by atoms with Crippen molar-refractivity contribution in [1.82, 2.24) is 9.97 Å². The molecular weight excluding hydrogens is 350 g/mol. The van der Waals surface area contributed by atoms with Crippen molar-refractivity contribution >= 4 is 11.7 Å². The molecule has 3 aromatic rings. The van der Waals surface area contributed by atoms with Crippen LogP contribution in [-0.4, -0.2) is 21.0 Å². The molecule has 1 amide bonds. The second-order valence-corrected chi connectivity index (χ2v) is 7.23. The number of phenolic OH excluding ortho intramolecular Hbond substituents is 1. The molecule has 5 heteroatoms. The SMILES string of the molecule is CC(C)CC(=O)Nc1ncc(-c2ccc(O)cc2)nc1CCc1ccccc1. The van der Waals surface area contributed by atoms with E-state index < -0.39 is 0 Å². The number of rotatable bonds is 7. The Labute approximate surface area is 165 Å². The number of amides is 1. The number of hydrogen-bond donors (Lipinski definition) is 2. The minimum atomic E-state index is -0.0531. The van der Waals surface area contributed by atoms with Gasteiger partial charge in [0.15, 0.2) is 5.82 Å². The van der Waals surface area contributed by atoms with E-state index in [1.54, 1.807) is 30.5 Å². The van der Waals surface area contributed by atoms with Crippen LogP contribution in [0.2, 0.25) is 0 Å². The summed E-state index contributed by atoms with van der Waals surface area (Å²) >= 11 is 0. The normalized spacial score (nSPS) is 10.8. The molecule has 2 aromatic carbocycles. The van der Waals surface area contributed by atoms with Gasteiger partial charge in [0.1, 0.15) is 5.75 Å². The van der Waals surface area contributed by atoms with E-state index in [1.807, 2.05) is 32.0 Å². The molecule has 0 fully saturated rings. The van der Waals surface area contributed by atoms with E-state index in [0.717, 1.165) is 17.7 Å². The number of nitrogens with one attached hydrogen (secondary N) is 1. The van der Waals surface area contributed by atoms with Gasteiger partial charge in [-0.05, 0) is 48.6 Å². The second-order valence-electron chi connectivity index (χ2n) is 7.23. The molecule has 0 aliphatic rings. The van der Waals surface area contributed by atoms with E-state index in [4.69, 9.17) is 4.98 Å². The van der Waals surface area contributed by atoms with Crippen molar-refractivity contribution in [2.45, 2.75) is 33.1 Å². The van der Waals surface area contributed by atoms with Crippen LogP contribution in [0, 0.1) is 5.92 Å². The van der Waals surface area contributed by atoms with Crippen molar-refractivity contribution in [2.24, 2.45) is 5.92 Å². The Kier molecular flexibility index (Phi) is 6.37. The summed E-state index contributed by atoms with van der Waals surface area (Å²) in [5.41, 5.74) is 3.54. The highest BCUT2D eigenvalue weighted by molar-refractivity contribution is 5.90. The van der Waals surface area contributed by atoms with E-state index >= 15 is 0 Å². The van der Waals surface area contributed by atoms with Crippen LogP contribution < -0.4 is 5.32 Å². The summed E-state index contributed by atoms with van der Waals surface area (Å²) < 4.78 is 0. The van der Waals surface area contributed by atoms with Crippen molar-refractivity contribution in [3.05, 3.63) is 72.1 Å². The fourth-order valence-electron chi connectivity index (χ4n) is 2.94. The largest absolute Gasteiger partial charge is 0.508 e. The Balaban J connectivity index is 1.87. The van der Waals surface area contributed by atoms with Gasteiger partial charge in [-0.25, -0.2) is 9.97 Å². The molecule has 0 saturated carbocycles. The molecule has 0 unspecified atom stereocenters. The lowest BCUT2D eigenvalue weighted by Gasteiger charge is -2.12. The number of anilines is 1. The summed E-state index contributed by atoms with van der Waals surface area (Å²) in [4.78, 5) is 21.5. The molecule has 0 radical (unpaired) electrons. The van der Waals surface area contributed by atoms with Crippen molar-refractivity contribution < 1.29 is 9.90 Å². The topological polar surface area (TPSA) is 75.1 Å². The number of aromatic nitrogens is 2. The summed E-state index contributed by atoms with van der Waals surface area (Å²) in [7, 11) is 0. The molecule has 1 heterocycles. The van der Waals surface area contributed by atoms with Gasteiger partial charge < -0.3 is 10.4 Å². The lowest BCUT2D eigenvalue weighted by atomic mass is 10.1. The third kappa shape index (κ3) is 5.39. The maximum absolute atomic E-state index is 12.2. The number of aryl methyl sites for hydroxylation is 2. The van der Waals surface area contributed by atoms with Crippen LogP contribution in [0.5, 0.6) is 5.75 Å². The molecule has 0 aliphatic carbocycles. The highest BCUT2D eigenvalue weighted by atomic mass is 16.3. The summed E-state index contributed by atoms with van der Waals surface area (Å²) in [6.07, 6.45) is 3.57. The molecule has 2 N–H and O–H groups in total. The van der Waals surface area contributed by atoms with Gasteiger partial charge in [-0.2, -0.15) is 0 Å². The van der Waals surface area contributed by atoms with Crippen LogP contribution in [0.4, 0.5) is 5.82 Å². The molecule has 0 atom stereocenters. The zero-order valence-electron chi connectivity index (χ0n) is 16.2. The van der Waals surface area contributed by atoms with E-state index in [0.29, 0.717) is 24.4 Å². The number of phenols is 1. The lowest BCUT2D eigenvalue weighted by Crippen LogP contribution is -2.17. The van der Waals surface area contributed by atoms with E-state index in [-0.39, 0.29) is 17.6 Å². The molecule has 5 nitrogen and oxygen atoms in total. The van der Waals surface area contributed by atoms with Crippen LogP contribution in [-0.2, 0) is 17.6 Å². The van der Waals surface area contributed by atoms with E-state index in [1.165, 1.54) is 5.56 Å². The predicted molar refractivity (Wildman–Crippen MR) is 111 cm³/mol. The first-order chi connectivity index (χ1) is 13.5. The summed E-state index contributed by atoms with van der Waals surface area (Å²) in [6, 6.07) is 17.0. The predicted octanol–water partition coefficient (Wildman–Crippen LogP) is 4.62. The number of carbonyl (C=O) groups is 1. The molecule has 3 rings (SSSR count).